The number of thioether (sulfide) groups is 1. The minimum atomic E-state index is 0.318. The first kappa shape index (κ1) is 13.6. The minimum absolute atomic E-state index is 0.318. The maximum absolute atomic E-state index is 6.03. The van der Waals surface area contributed by atoms with Crippen LogP contribution in [0, 0.1) is 0 Å². The van der Waals surface area contributed by atoms with Gasteiger partial charge in [0.05, 0.1) is 7.11 Å². The molecule has 1 unspecified atom stereocenters. The summed E-state index contributed by atoms with van der Waals surface area (Å²) in [7, 11) is 1.68. The third-order valence-corrected chi connectivity index (χ3v) is 4.26. The molecule has 1 aliphatic rings. The molecule has 0 amide bonds. The number of hydrogen-bond donors (Lipinski definition) is 1. The lowest BCUT2D eigenvalue weighted by Gasteiger charge is -2.23. The maximum Gasteiger partial charge on any atom is 0.161 e. The molecule has 0 bridgehead atoms. The van der Waals surface area contributed by atoms with Crippen molar-refractivity contribution in [1.82, 2.24) is 0 Å². The van der Waals surface area contributed by atoms with Crippen LogP contribution in [0.15, 0.2) is 18.2 Å². The van der Waals surface area contributed by atoms with Crippen LogP contribution in [-0.4, -0.2) is 31.3 Å². The van der Waals surface area contributed by atoms with Crippen LogP contribution < -0.4 is 15.2 Å². The molecule has 1 aliphatic heterocycles. The first-order chi connectivity index (χ1) is 8.83. The summed E-state index contributed by atoms with van der Waals surface area (Å²) in [6.07, 6.45) is 3.57. The van der Waals surface area contributed by atoms with Crippen LogP contribution in [0.2, 0.25) is 0 Å². The molecule has 18 heavy (non-hydrogen) atoms. The zero-order chi connectivity index (χ0) is 12.8. The van der Waals surface area contributed by atoms with E-state index in [2.05, 4.69) is 6.07 Å². The van der Waals surface area contributed by atoms with E-state index in [0.717, 1.165) is 30.1 Å². The average Bonchev–Trinajstić information content (AvgIpc) is 2.42. The van der Waals surface area contributed by atoms with Gasteiger partial charge in [0.1, 0.15) is 6.10 Å². The van der Waals surface area contributed by atoms with Gasteiger partial charge in [0, 0.05) is 5.75 Å². The van der Waals surface area contributed by atoms with Gasteiger partial charge in [-0.2, -0.15) is 11.8 Å². The predicted octanol–water partition coefficient (Wildman–Crippen LogP) is 2.47. The van der Waals surface area contributed by atoms with Gasteiger partial charge in [0.15, 0.2) is 11.5 Å². The first-order valence-corrected chi connectivity index (χ1v) is 7.60. The van der Waals surface area contributed by atoms with E-state index in [4.69, 9.17) is 15.2 Å². The molecule has 3 nitrogen and oxygen atoms in total. The van der Waals surface area contributed by atoms with E-state index in [9.17, 15) is 0 Å². The molecule has 1 atom stereocenters. The summed E-state index contributed by atoms with van der Waals surface area (Å²) in [6, 6.07) is 6.10. The van der Waals surface area contributed by atoms with Gasteiger partial charge in [-0.1, -0.05) is 6.07 Å². The molecule has 0 spiro atoms. The molecule has 0 aliphatic carbocycles. The van der Waals surface area contributed by atoms with E-state index in [0.29, 0.717) is 12.6 Å². The van der Waals surface area contributed by atoms with Gasteiger partial charge in [0.2, 0.25) is 0 Å². The number of benzene rings is 1. The molecule has 2 rings (SSSR count). The summed E-state index contributed by atoms with van der Waals surface area (Å²) < 4.78 is 11.4. The Bertz CT molecular complexity index is 378. The van der Waals surface area contributed by atoms with Gasteiger partial charge in [-0.15, -0.1) is 0 Å². The molecule has 0 saturated carbocycles. The molecule has 4 heteroatoms. The average molecular weight is 267 g/mol. The predicted molar refractivity (Wildman–Crippen MR) is 76.7 cm³/mol. The lowest BCUT2D eigenvalue weighted by molar-refractivity contribution is 0.202. The van der Waals surface area contributed by atoms with Gasteiger partial charge in [-0.3, -0.25) is 0 Å². The van der Waals surface area contributed by atoms with E-state index < -0.39 is 0 Å². The van der Waals surface area contributed by atoms with Crippen LogP contribution in [0.3, 0.4) is 0 Å². The number of methoxy groups -OCH3 is 1. The van der Waals surface area contributed by atoms with Crippen LogP contribution in [-0.2, 0) is 6.42 Å². The third kappa shape index (κ3) is 3.56. The fourth-order valence-corrected chi connectivity index (χ4v) is 3.15. The summed E-state index contributed by atoms with van der Waals surface area (Å²) in [4.78, 5) is 0. The van der Waals surface area contributed by atoms with Crippen LogP contribution in [0.1, 0.15) is 18.4 Å². The lowest BCUT2D eigenvalue weighted by atomic mass is 10.1. The van der Waals surface area contributed by atoms with Gasteiger partial charge < -0.3 is 15.2 Å². The Morgan fingerprint density at radius 1 is 1.39 bits per heavy atom. The molecule has 1 saturated heterocycles. The van der Waals surface area contributed by atoms with Crippen molar-refractivity contribution < 1.29 is 9.47 Å². The SMILES string of the molecule is COc1cc(CCN)ccc1OC1CCCSC1. The fourth-order valence-electron chi connectivity index (χ4n) is 2.12. The van der Waals surface area contributed by atoms with Gasteiger partial charge >= 0.3 is 0 Å². The molecule has 0 radical (unpaired) electrons. The third-order valence-electron chi connectivity index (χ3n) is 3.07. The molecular weight excluding hydrogens is 246 g/mol. The number of ether oxygens (including phenoxy) is 2. The quantitative estimate of drug-likeness (QED) is 0.890. The second kappa shape index (κ2) is 6.90. The molecule has 1 aromatic rings. The smallest absolute Gasteiger partial charge is 0.161 e. The topological polar surface area (TPSA) is 44.5 Å². The standard InChI is InChI=1S/C14H21NO2S/c1-16-14-9-11(6-7-15)4-5-13(14)17-12-3-2-8-18-10-12/h4-5,9,12H,2-3,6-8,10,15H2,1H3. The van der Waals surface area contributed by atoms with E-state index in [1.54, 1.807) is 7.11 Å². The van der Waals surface area contributed by atoms with E-state index in [1.165, 1.54) is 17.7 Å². The molecule has 2 N–H and O–H groups in total. The summed E-state index contributed by atoms with van der Waals surface area (Å²) >= 11 is 1.96. The normalized spacial score (nSPS) is 19.6. The highest BCUT2D eigenvalue weighted by Crippen LogP contribution is 2.31. The first-order valence-electron chi connectivity index (χ1n) is 6.45. The van der Waals surface area contributed by atoms with Crippen molar-refractivity contribution in [3.05, 3.63) is 23.8 Å². The lowest BCUT2D eigenvalue weighted by Crippen LogP contribution is -2.23. The second-order valence-corrected chi connectivity index (χ2v) is 5.63. The highest BCUT2D eigenvalue weighted by molar-refractivity contribution is 7.99. The molecule has 100 valence electrons. The number of rotatable bonds is 5. The van der Waals surface area contributed by atoms with Crippen molar-refractivity contribution in [3.63, 3.8) is 0 Å². The molecule has 1 aromatic carbocycles. The van der Waals surface area contributed by atoms with Crippen LogP contribution in [0.25, 0.3) is 0 Å². The van der Waals surface area contributed by atoms with Crippen molar-refractivity contribution >= 4 is 11.8 Å². The van der Waals surface area contributed by atoms with Crippen molar-refractivity contribution in [1.29, 1.82) is 0 Å². The summed E-state index contributed by atoms with van der Waals surface area (Å²) in [5, 5.41) is 0. The highest BCUT2D eigenvalue weighted by atomic mass is 32.2. The molecule has 0 aromatic heterocycles. The zero-order valence-electron chi connectivity index (χ0n) is 10.9. The Hall–Kier alpha value is -0.870. The van der Waals surface area contributed by atoms with Crippen molar-refractivity contribution in [3.8, 4) is 11.5 Å². The van der Waals surface area contributed by atoms with Crippen LogP contribution >= 0.6 is 11.8 Å². The Morgan fingerprint density at radius 2 is 2.28 bits per heavy atom. The Balaban J connectivity index is 2.06. The fraction of sp³-hybridized carbons (Fsp3) is 0.571. The van der Waals surface area contributed by atoms with E-state index in [1.807, 2.05) is 23.9 Å². The van der Waals surface area contributed by atoms with Crippen molar-refractivity contribution in [2.75, 3.05) is 25.2 Å². The highest BCUT2D eigenvalue weighted by Gasteiger charge is 2.17. The number of nitrogens with two attached hydrogens (primary N) is 1. The van der Waals surface area contributed by atoms with E-state index in [-0.39, 0.29) is 0 Å². The number of hydrogen-bond acceptors (Lipinski definition) is 4. The monoisotopic (exact) mass is 267 g/mol. The minimum Gasteiger partial charge on any atom is -0.493 e. The zero-order valence-corrected chi connectivity index (χ0v) is 11.7. The molecule has 1 heterocycles. The second-order valence-electron chi connectivity index (χ2n) is 4.48. The molecular formula is C14H21NO2S. The van der Waals surface area contributed by atoms with E-state index >= 15 is 0 Å². The maximum atomic E-state index is 6.03. The summed E-state index contributed by atoms with van der Waals surface area (Å²) in [5.74, 6) is 4.00. The Labute approximate surface area is 113 Å². The van der Waals surface area contributed by atoms with Crippen molar-refractivity contribution in [2.45, 2.75) is 25.4 Å². The van der Waals surface area contributed by atoms with Gasteiger partial charge in [-0.25, -0.2) is 0 Å². The van der Waals surface area contributed by atoms with Gasteiger partial charge in [-0.05, 0) is 49.3 Å². The summed E-state index contributed by atoms with van der Waals surface area (Å²) in [5.41, 5.74) is 6.76. The van der Waals surface area contributed by atoms with Crippen molar-refractivity contribution in [2.24, 2.45) is 5.73 Å². The molecule has 1 fully saturated rings. The van der Waals surface area contributed by atoms with Gasteiger partial charge in [0.25, 0.3) is 0 Å². The summed E-state index contributed by atoms with van der Waals surface area (Å²) in [6.45, 7) is 0.655. The van der Waals surface area contributed by atoms with Crippen LogP contribution in [0.4, 0.5) is 0 Å². The Kier molecular flexibility index (Phi) is 5.20. The van der Waals surface area contributed by atoms with Crippen LogP contribution in [0.5, 0.6) is 11.5 Å². The largest absolute Gasteiger partial charge is 0.493 e. The Morgan fingerprint density at radius 3 is 2.94 bits per heavy atom.